The summed E-state index contributed by atoms with van der Waals surface area (Å²) in [5.41, 5.74) is 0.776. The quantitative estimate of drug-likeness (QED) is 0.683. The highest BCUT2D eigenvalue weighted by Crippen LogP contribution is 2.28. The molecule has 22 heavy (non-hydrogen) atoms. The van der Waals surface area contributed by atoms with Gasteiger partial charge in [0.05, 0.1) is 11.7 Å². The zero-order valence-corrected chi connectivity index (χ0v) is 14.5. The minimum absolute atomic E-state index is 0.166. The number of thiocarbonyl (C=S) groups is 1. The van der Waals surface area contributed by atoms with Crippen molar-refractivity contribution in [2.24, 2.45) is 10.9 Å². The molecule has 1 atom stereocenters. The smallest absolute Gasteiger partial charge is 0.339 e. The van der Waals surface area contributed by atoms with E-state index in [0.717, 1.165) is 5.56 Å². The third kappa shape index (κ3) is 3.04. The van der Waals surface area contributed by atoms with E-state index in [1.807, 2.05) is 39.0 Å². The van der Waals surface area contributed by atoms with E-state index >= 15 is 0 Å². The Kier molecular flexibility index (Phi) is 4.66. The zero-order valence-electron chi connectivity index (χ0n) is 13.6. The SMILES string of the molecule is CC(C)OC(=O)c1ccccc1C1=NC(C)(C(C)C)C(=S)N1. The number of nitrogens with one attached hydrogen (secondary N) is 1. The largest absolute Gasteiger partial charge is 0.459 e. The molecule has 1 unspecified atom stereocenters. The maximum Gasteiger partial charge on any atom is 0.339 e. The van der Waals surface area contributed by atoms with Crippen LogP contribution < -0.4 is 5.32 Å². The van der Waals surface area contributed by atoms with E-state index in [1.54, 1.807) is 6.07 Å². The van der Waals surface area contributed by atoms with Gasteiger partial charge in [-0.05, 0) is 32.8 Å². The summed E-state index contributed by atoms with van der Waals surface area (Å²) in [6.45, 7) is 9.83. The highest BCUT2D eigenvalue weighted by Gasteiger charge is 2.39. The summed E-state index contributed by atoms with van der Waals surface area (Å²) in [5, 5.41) is 3.16. The van der Waals surface area contributed by atoms with Crippen molar-refractivity contribution in [1.82, 2.24) is 5.32 Å². The van der Waals surface area contributed by atoms with Crippen LogP contribution in [-0.2, 0) is 4.74 Å². The molecule has 1 aliphatic heterocycles. The molecule has 1 heterocycles. The summed E-state index contributed by atoms with van der Waals surface area (Å²) in [6.07, 6.45) is -0.166. The molecular formula is C17H22N2O2S. The maximum atomic E-state index is 12.3. The zero-order chi connectivity index (χ0) is 16.5. The molecule has 0 spiro atoms. The van der Waals surface area contributed by atoms with Crippen molar-refractivity contribution in [1.29, 1.82) is 0 Å². The number of nitrogens with zero attached hydrogens (tertiary/aromatic N) is 1. The molecule has 0 saturated heterocycles. The molecule has 0 bridgehead atoms. The standard InChI is InChI=1S/C17H22N2O2S/c1-10(2)17(5)16(22)18-14(19-17)12-8-6-7-9-13(12)15(20)21-11(3)4/h6-11H,1-5H3,(H,18,19,22). The maximum absolute atomic E-state index is 12.3. The Morgan fingerprint density at radius 3 is 2.45 bits per heavy atom. The molecule has 0 amide bonds. The van der Waals surface area contributed by atoms with E-state index in [4.69, 9.17) is 21.9 Å². The van der Waals surface area contributed by atoms with Crippen LogP contribution >= 0.6 is 12.2 Å². The van der Waals surface area contributed by atoms with Crippen molar-refractivity contribution < 1.29 is 9.53 Å². The minimum Gasteiger partial charge on any atom is -0.459 e. The normalized spacial score (nSPS) is 21.0. The van der Waals surface area contributed by atoms with Crippen LogP contribution in [0.4, 0.5) is 0 Å². The average Bonchev–Trinajstić information content (AvgIpc) is 2.75. The molecule has 1 aromatic rings. The van der Waals surface area contributed by atoms with Crippen molar-refractivity contribution in [2.45, 2.75) is 46.3 Å². The van der Waals surface area contributed by atoms with Gasteiger partial charge in [-0.1, -0.05) is 44.3 Å². The Morgan fingerprint density at radius 1 is 1.27 bits per heavy atom. The van der Waals surface area contributed by atoms with Crippen LogP contribution in [0, 0.1) is 5.92 Å². The molecule has 118 valence electrons. The van der Waals surface area contributed by atoms with Gasteiger partial charge < -0.3 is 10.1 Å². The fraction of sp³-hybridized carbons (Fsp3) is 0.471. The number of carbonyl (C=O) groups excluding carboxylic acids is 1. The monoisotopic (exact) mass is 318 g/mol. The number of carbonyl (C=O) groups is 1. The Balaban J connectivity index is 2.43. The molecule has 5 heteroatoms. The van der Waals surface area contributed by atoms with Gasteiger partial charge in [0.15, 0.2) is 0 Å². The van der Waals surface area contributed by atoms with E-state index in [0.29, 0.717) is 16.4 Å². The molecule has 0 saturated carbocycles. The summed E-state index contributed by atoms with van der Waals surface area (Å²) in [7, 11) is 0. The van der Waals surface area contributed by atoms with Crippen LogP contribution in [0.1, 0.15) is 50.5 Å². The lowest BCUT2D eigenvalue weighted by atomic mass is 9.90. The topological polar surface area (TPSA) is 50.7 Å². The van der Waals surface area contributed by atoms with Crippen LogP contribution in [0.25, 0.3) is 0 Å². The predicted molar refractivity (Wildman–Crippen MR) is 92.5 cm³/mol. The van der Waals surface area contributed by atoms with Crippen molar-refractivity contribution >= 4 is 29.0 Å². The number of hydrogen-bond acceptors (Lipinski definition) is 4. The summed E-state index contributed by atoms with van der Waals surface area (Å²) in [6, 6.07) is 7.30. The van der Waals surface area contributed by atoms with Gasteiger partial charge in [0.2, 0.25) is 0 Å². The lowest BCUT2D eigenvalue weighted by Gasteiger charge is -2.24. The average molecular weight is 318 g/mol. The number of benzene rings is 1. The Hall–Kier alpha value is -1.75. The number of aliphatic imine (C=N–C) groups is 1. The second kappa shape index (κ2) is 6.16. The molecule has 2 rings (SSSR count). The number of ether oxygens (including phenoxy) is 1. The lowest BCUT2D eigenvalue weighted by Crippen LogP contribution is -2.39. The van der Waals surface area contributed by atoms with Crippen LogP contribution in [0.15, 0.2) is 29.3 Å². The minimum atomic E-state index is -0.445. The molecule has 4 nitrogen and oxygen atoms in total. The van der Waals surface area contributed by atoms with Gasteiger partial charge in [0.1, 0.15) is 16.4 Å². The summed E-state index contributed by atoms with van der Waals surface area (Å²) in [4.78, 5) is 17.7. The summed E-state index contributed by atoms with van der Waals surface area (Å²) >= 11 is 5.44. The van der Waals surface area contributed by atoms with Crippen molar-refractivity contribution in [3.05, 3.63) is 35.4 Å². The van der Waals surface area contributed by atoms with Crippen molar-refractivity contribution in [3.63, 3.8) is 0 Å². The lowest BCUT2D eigenvalue weighted by molar-refractivity contribution is 0.0377. The van der Waals surface area contributed by atoms with Gasteiger partial charge in [0.25, 0.3) is 0 Å². The van der Waals surface area contributed by atoms with Crippen LogP contribution in [0.5, 0.6) is 0 Å². The molecule has 0 aromatic heterocycles. The fourth-order valence-electron chi connectivity index (χ4n) is 2.21. The Morgan fingerprint density at radius 2 is 1.91 bits per heavy atom. The first kappa shape index (κ1) is 16.6. The molecule has 1 N–H and O–H groups in total. The van der Waals surface area contributed by atoms with E-state index in [2.05, 4.69) is 19.2 Å². The number of rotatable bonds is 4. The van der Waals surface area contributed by atoms with E-state index in [-0.39, 0.29) is 18.0 Å². The Labute approximate surface area is 137 Å². The second-order valence-electron chi connectivity index (χ2n) is 6.22. The third-order valence-corrected chi connectivity index (χ3v) is 4.42. The van der Waals surface area contributed by atoms with E-state index in [1.165, 1.54) is 0 Å². The predicted octanol–water partition coefficient (Wildman–Crippen LogP) is 3.34. The van der Waals surface area contributed by atoms with E-state index in [9.17, 15) is 4.79 Å². The van der Waals surface area contributed by atoms with Gasteiger partial charge in [-0.3, -0.25) is 4.99 Å². The second-order valence-corrected chi connectivity index (χ2v) is 6.62. The first-order valence-electron chi connectivity index (χ1n) is 7.47. The summed E-state index contributed by atoms with van der Waals surface area (Å²) in [5.74, 6) is 0.552. The molecule has 1 aliphatic rings. The van der Waals surface area contributed by atoms with Gasteiger partial charge in [-0.15, -0.1) is 0 Å². The highest BCUT2D eigenvalue weighted by atomic mass is 32.1. The molecule has 0 aliphatic carbocycles. The van der Waals surface area contributed by atoms with Crippen LogP contribution in [0.2, 0.25) is 0 Å². The third-order valence-electron chi connectivity index (χ3n) is 3.90. The van der Waals surface area contributed by atoms with Gasteiger partial charge in [-0.25, -0.2) is 4.79 Å². The first-order chi connectivity index (χ1) is 10.3. The van der Waals surface area contributed by atoms with Gasteiger partial charge in [-0.2, -0.15) is 0 Å². The molecule has 1 aromatic carbocycles. The fourth-order valence-corrected chi connectivity index (χ4v) is 2.59. The Bertz CT molecular complexity index is 637. The summed E-state index contributed by atoms with van der Waals surface area (Å²) < 4.78 is 5.31. The highest BCUT2D eigenvalue weighted by molar-refractivity contribution is 7.80. The first-order valence-corrected chi connectivity index (χ1v) is 7.88. The van der Waals surface area contributed by atoms with Crippen molar-refractivity contribution in [3.8, 4) is 0 Å². The van der Waals surface area contributed by atoms with Crippen LogP contribution in [0.3, 0.4) is 0 Å². The number of amidine groups is 1. The molecule has 0 radical (unpaired) electrons. The van der Waals surface area contributed by atoms with Gasteiger partial charge >= 0.3 is 5.97 Å². The molecule has 0 fully saturated rings. The number of esters is 1. The van der Waals surface area contributed by atoms with Gasteiger partial charge in [0, 0.05) is 5.56 Å². The number of hydrogen-bond donors (Lipinski definition) is 1. The van der Waals surface area contributed by atoms with Crippen molar-refractivity contribution in [2.75, 3.05) is 0 Å². The van der Waals surface area contributed by atoms with E-state index < -0.39 is 5.54 Å². The molecular weight excluding hydrogens is 296 g/mol. The van der Waals surface area contributed by atoms with Crippen LogP contribution in [-0.4, -0.2) is 28.4 Å².